The van der Waals surface area contributed by atoms with Gasteiger partial charge in [-0.2, -0.15) is 0 Å². The van der Waals surface area contributed by atoms with Gasteiger partial charge in [-0.25, -0.2) is 0 Å². The van der Waals surface area contributed by atoms with Crippen molar-refractivity contribution in [1.29, 1.82) is 0 Å². The normalized spacial score (nSPS) is 12.2. The van der Waals surface area contributed by atoms with Gasteiger partial charge in [-0.1, -0.05) is 149 Å². The number of fused-ring (bicyclic) bond motifs is 14. The van der Waals surface area contributed by atoms with Crippen molar-refractivity contribution in [1.82, 2.24) is 9.13 Å². The maximum atomic E-state index is 6.82. The first kappa shape index (κ1) is 49.8. The second-order valence-electron chi connectivity index (χ2n) is 23.8. The molecule has 410 valence electrons. The van der Waals surface area contributed by atoms with Crippen LogP contribution in [0.2, 0.25) is 0 Å². The summed E-state index contributed by atoms with van der Waals surface area (Å²) in [7, 11) is 0. The van der Waals surface area contributed by atoms with Crippen LogP contribution in [-0.4, -0.2) is 9.13 Å². The van der Waals surface area contributed by atoms with Crippen LogP contribution in [0.1, 0.15) is 50.7 Å². The Morgan fingerprint density at radius 3 is 1.03 bits per heavy atom. The van der Waals surface area contributed by atoms with Crippen molar-refractivity contribution in [3.8, 4) is 11.4 Å². The van der Waals surface area contributed by atoms with Crippen LogP contribution >= 0.6 is 0 Å². The van der Waals surface area contributed by atoms with E-state index in [-0.39, 0.29) is 0 Å². The Balaban J connectivity index is 0.760. The van der Waals surface area contributed by atoms with Crippen LogP contribution < -0.4 is 9.80 Å². The van der Waals surface area contributed by atoms with E-state index in [4.69, 9.17) is 8.83 Å². The average Bonchev–Trinajstić information content (AvgIpc) is 1.82. The van der Waals surface area contributed by atoms with Crippen LogP contribution in [0.4, 0.5) is 34.1 Å². The van der Waals surface area contributed by atoms with Gasteiger partial charge in [-0.05, 0) is 184 Å². The molecule has 0 saturated carbocycles. The van der Waals surface area contributed by atoms with Crippen molar-refractivity contribution in [2.75, 3.05) is 9.80 Å². The van der Waals surface area contributed by atoms with Crippen molar-refractivity contribution >= 4 is 143 Å². The number of furan rings is 2. The highest BCUT2D eigenvalue weighted by Crippen LogP contribution is 2.46. The van der Waals surface area contributed by atoms with Crippen molar-refractivity contribution in [2.45, 2.75) is 39.5 Å². The van der Waals surface area contributed by atoms with E-state index >= 15 is 0 Å². The first-order valence-corrected chi connectivity index (χ1v) is 29.9. The number of aromatic nitrogens is 2. The Labute approximate surface area is 497 Å². The van der Waals surface area contributed by atoms with E-state index in [9.17, 15) is 0 Å². The standard InChI is InChI=1S/C80H58N4O2/c1-49(2)51-23-29-59(30-24-51)81(63-35-37-67-65-19-11-13-21-73(65)83(75(67)45-63)57-15-7-5-8-16-57)61-33-27-53-41-69-71-47-72-70-42-54-28-34-62(40-56(54)44-78(70)86-80(72)48-79(71)85-77(69)43-55(53)39-61)82(60-31-25-52(26-32-60)50(3)4)64-36-38-68-66-20-12-14-22-74(66)84(76(68)46-64)58-17-9-6-10-18-58/h5-50H,1-4H3. The maximum Gasteiger partial charge on any atom is 0.139 e. The minimum absolute atomic E-state index is 0.422. The molecule has 0 bridgehead atoms. The second-order valence-corrected chi connectivity index (χ2v) is 23.8. The van der Waals surface area contributed by atoms with E-state index in [1.807, 2.05) is 0 Å². The summed E-state index contributed by atoms with van der Waals surface area (Å²) < 4.78 is 18.4. The first-order valence-electron chi connectivity index (χ1n) is 29.9. The number of hydrogen-bond donors (Lipinski definition) is 0. The van der Waals surface area contributed by atoms with E-state index in [0.29, 0.717) is 11.8 Å². The van der Waals surface area contributed by atoms with Gasteiger partial charge >= 0.3 is 0 Å². The zero-order valence-electron chi connectivity index (χ0n) is 48.2. The number of rotatable bonds is 10. The lowest BCUT2D eigenvalue weighted by molar-refractivity contribution is 0.656. The monoisotopic (exact) mass is 1110 g/mol. The second kappa shape index (κ2) is 19.4. The molecule has 0 unspecified atom stereocenters. The van der Waals surface area contributed by atoms with E-state index < -0.39 is 0 Å². The lowest BCUT2D eigenvalue weighted by atomic mass is 10.0. The molecule has 17 aromatic rings. The van der Waals surface area contributed by atoms with Gasteiger partial charge in [-0.3, -0.25) is 0 Å². The summed E-state index contributed by atoms with van der Waals surface area (Å²) in [5, 5.41) is 13.7. The van der Waals surface area contributed by atoms with Crippen LogP contribution in [0.5, 0.6) is 0 Å². The number of anilines is 6. The van der Waals surface area contributed by atoms with E-state index in [1.54, 1.807) is 0 Å². The highest BCUT2D eigenvalue weighted by Gasteiger charge is 2.23. The van der Waals surface area contributed by atoms with Crippen molar-refractivity contribution in [3.05, 3.63) is 278 Å². The number of hydrogen-bond acceptors (Lipinski definition) is 4. The van der Waals surface area contributed by atoms with Gasteiger partial charge in [-0.15, -0.1) is 0 Å². The lowest BCUT2D eigenvalue weighted by Crippen LogP contribution is -2.10. The van der Waals surface area contributed by atoms with Gasteiger partial charge in [0.2, 0.25) is 0 Å². The molecule has 4 aromatic heterocycles. The number of benzene rings is 13. The van der Waals surface area contributed by atoms with Gasteiger partial charge in [0.15, 0.2) is 0 Å². The molecule has 6 heteroatoms. The summed E-state index contributed by atoms with van der Waals surface area (Å²) in [5.74, 6) is 0.843. The van der Waals surface area contributed by atoms with E-state index in [0.717, 1.165) is 122 Å². The maximum absolute atomic E-state index is 6.82. The third kappa shape index (κ3) is 7.94. The molecule has 0 amide bonds. The third-order valence-electron chi connectivity index (χ3n) is 18.0. The molecule has 0 saturated heterocycles. The molecule has 0 N–H and O–H groups in total. The molecule has 0 fully saturated rings. The molecule has 0 aliphatic rings. The Bertz CT molecular complexity index is 5190. The first-order chi connectivity index (χ1) is 42.2. The van der Waals surface area contributed by atoms with Crippen LogP contribution in [0.25, 0.3) is 120 Å². The Kier molecular flexibility index (Phi) is 11.2. The van der Waals surface area contributed by atoms with Crippen LogP contribution in [0.3, 0.4) is 0 Å². The van der Waals surface area contributed by atoms with Gasteiger partial charge in [0.1, 0.15) is 22.3 Å². The Morgan fingerprint density at radius 1 is 0.256 bits per heavy atom. The quantitative estimate of drug-likeness (QED) is 0.137. The minimum atomic E-state index is 0.422. The third-order valence-corrected chi connectivity index (χ3v) is 18.0. The van der Waals surface area contributed by atoms with Crippen molar-refractivity contribution < 1.29 is 8.83 Å². The van der Waals surface area contributed by atoms with Crippen LogP contribution in [-0.2, 0) is 0 Å². The largest absolute Gasteiger partial charge is 0.456 e. The van der Waals surface area contributed by atoms with Gasteiger partial charge < -0.3 is 27.8 Å². The van der Waals surface area contributed by atoms with Gasteiger partial charge in [0.05, 0.1) is 22.1 Å². The molecule has 0 aliphatic heterocycles. The summed E-state index contributed by atoms with van der Waals surface area (Å²) in [6.07, 6.45) is 0. The molecule has 13 aromatic carbocycles. The average molecular weight is 1110 g/mol. The minimum Gasteiger partial charge on any atom is -0.456 e. The highest BCUT2D eigenvalue weighted by atomic mass is 16.3. The molecule has 0 spiro atoms. The summed E-state index contributed by atoms with van der Waals surface area (Å²) in [6, 6.07) is 97.7. The molecule has 0 radical (unpaired) electrons. The van der Waals surface area contributed by atoms with Gasteiger partial charge in [0, 0.05) is 94.7 Å². The molecule has 86 heavy (non-hydrogen) atoms. The molecular weight excluding hydrogens is 1050 g/mol. The molecule has 4 heterocycles. The number of para-hydroxylation sites is 4. The van der Waals surface area contributed by atoms with Crippen LogP contribution in [0.15, 0.2) is 276 Å². The number of nitrogens with zero attached hydrogens (tertiary/aromatic N) is 4. The summed E-state index contributed by atoms with van der Waals surface area (Å²) in [6.45, 7) is 8.99. The molecule has 0 aliphatic carbocycles. The Hall–Kier alpha value is -10.8. The zero-order valence-corrected chi connectivity index (χ0v) is 48.2. The summed E-state index contributed by atoms with van der Waals surface area (Å²) >= 11 is 0. The molecule has 6 nitrogen and oxygen atoms in total. The smallest absolute Gasteiger partial charge is 0.139 e. The predicted octanol–water partition coefficient (Wildman–Crippen LogP) is 23.2. The van der Waals surface area contributed by atoms with E-state index in [2.05, 4.69) is 314 Å². The highest BCUT2D eigenvalue weighted by molar-refractivity contribution is 6.19. The lowest BCUT2D eigenvalue weighted by Gasteiger charge is -2.26. The molecular formula is C80H58N4O2. The fraction of sp³-hybridized carbons (Fsp3) is 0.0750. The fourth-order valence-electron chi connectivity index (χ4n) is 13.6. The summed E-state index contributed by atoms with van der Waals surface area (Å²) in [4.78, 5) is 4.77. The topological polar surface area (TPSA) is 42.6 Å². The molecule has 17 rings (SSSR count). The Morgan fingerprint density at radius 2 is 0.605 bits per heavy atom. The van der Waals surface area contributed by atoms with Crippen molar-refractivity contribution in [2.24, 2.45) is 0 Å². The van der Waals surface area contributed by atoms with Gasteiger partial charge in [0.25, 0.3) is 0 Å². The fourth-order valence-corrected chi connectivity index (χ4v) is 13.6. The van der Waals surface area contributed by atoms with Crippen molar-refractivity contribution in [3.63, 3.8) is 0 Å². The summed E-state index contributed by atoms with van der Waals surface area (Å²) in [5.41, 5.74) is 19.3. The van der Waals surface area contributed by atoms with Crippen LogP contribution in [0, 0.1) is 0 Å². The zero-order chi connectivity index (χ0) is 57.3. The van der Waals surface area contributed by atoms with E-state index in [1.165, 1.54) is 43.7 Å². The predicted molar refractivity (Wildman–Crippen MR) is 362 cm³/mol. The molecule has 0 atom stereocenters. The SMILES string of the molecule is CC(C)c1ccc(N(c2ccc3cc4c(cc3c2)oc2cc3oc5cc6cc(N(c7ccc(C(C)C)cc7)c7ccc8c9ccccc9n(-c9ccccc9)c8c7)ccc6cc5c3cc24)c2ccc3c4ccccc4n(-c4ccccc4)c3c2)cc1.